The van der Waals surface area contributed by atoms with Crippen LogP contribution in [0.15, 0.2) is 18.2 Å². The van der Waals surface area contributed by atoms with Crippen LogP contribution in [0.25, 0.3) is 0 Å². The van der Waals surface area contributed by atoms with Crippen molar-refractivity contribution in [1.82, 2.24) is 5.32 Å². The van der Waals surface area contributed by atoms with Crippen molar-refractivity contribution in [1.29, 1.82) is 5.26 Å². The number of hydrogen-bond acceptors (Lipinski definition) is 2. The summed E-state index contributed by atoms with van der Waals surface area (Å²) in [6.07, 6.45) is 0. The highest BCUT2D eigenvalue weighted by atomic mass is 14.9. The number of aryl methyl sites for hydroxylation is 2. The summed E-state index contributed by atoms with van der Waals surface area (Å²) in [6.45, 7) is 9.03. The molecule has 0 saturated carbocycles. The molecule has 0 aliphatic heterocycles. The first-order valence-electron chi connectivity index (χ1n) is 5.74. The molecule has 2 unspecified atom stereocenters. The van der Waals surface area contributed by atoms with Crippen LogP contribution in [0.5, 0.6) is 0 Å². The molecular weight excluding hydrogens is 196 g/mol. The third-order valence-corrected chi connectivity index (χ3v) is 2.69. The molecule has 1 rings (SSSR count). The van der Waals surface area contributed by atoms with Crippen molar-refractivity contribution >= 4 is 0 Å². The van der Waals surface area contributed by atoms with Crippen LogP contribution in [0.3, 0.4) is 0 Å². The minimum atomic E-state index is 0.0633. The summed E-state index contributed by atoms with van der Waals surface area (Å²) in [5, 5.41) is 12.1. The molecule has 1 N–H and O–H groups in total. The van der Waals surface area contributed by atoms with Gasteiger partial charge >= 0.3 is 0 Å². The minimum absolute atomic E-state index is 0.0633. The zero-order valence-corrected chi connectivity index (χ0v) is 10.5. The quantitative estimate of drug-likeness (QED) is 0.839. The van der Waals surface area contributed by atoms with Crippen molar-refractivity contribution in [2.75, 3.05) is 6.54 Å². The Balaban J connectivity index is 2.66. The number of nitriles is 1. The molecule has 86 valence electrons. The summed E-state index contributed by atoms with van der Waals surface area (Å²) in [5.41, 5.74) is 3.87. The fourth-order valence-corrected chi connectivity index (χ4v) is 1.78. The second kappa shape index (κ2) is 5.67. The number of nitrogens with one attached hydrogen (secondary N) is 1. The Morgan fingerprint density at radius 1 is 1.19 bits per heavy atom. The van der Waals surface area contributed by atoms with Crippen LogP contribution < -0.4 is 5.32 Å². The summed E-state index contributed by atoms with van der Waals surface area (Å²) >= 11 is 0. The molecule has 2 nitrogen and oxygen atoms in total. The molecule has 16 heavy (non-hydrogen) atoms. The van der Waals surface area contributed by atoms with Gasteiger partial charge in [-0.05, 0) is 33.3 Å². The van der Waals surface area contributed by atoms with E-state index in [4.69, 9.17) is 5.26 Å². The zero-order chi connectivity index (χ0) is 12.1. The maximum atomic E-state index is 8.72. The first kappa shape index (κ1) is 12.7. The van der Waals surface area contributed by atoms with E-state index in [0.717, 1.165) is 6.54 Å². The number of nitrogens with zero attached hydrogens (tertiary/aromatic N) is 1. The highest BCUT2D eigenvalue weighted by Crippen LogP contribution is 2.16. The Kier molecular flexibility index (Phi) is 4.52. The van der Waals surface area contributed by atoms with Crippen molar-refractivity contribution in [3.63, 3.8) is 0 Å². The van der Waals surface area contributed by atoms with Crippen molar-refractivity contribution in [3.8, 4) is 6.07 Å². The Hall–Kier alpha value is -1.33. The summed E-state index contributed by atoms with van der Waals surface area (Å²) in [5.74, 6) is 0.0633. The third kappa shape index (κ3) is 3.67. The highest BCUT2D eigenvalue weighted by molar-refractivity contribution is 5.30. The van der Waals surface area contributed by atoms with Gasteiger partial charge in [-0.1, -0.05) is 29.3 Å². The zero-order valence-electron chi connectivity index (χ0n) is 10.5. The van der Waals surface area contributed by atoms with Gasteiger partial charge in [-0.25, -0.2) is 0 Å². The van der Waals surface area contributed by atoms with E-state index >= 15 is 0 Å². The topological polar surface area (TPSA) is 35.8 Å². The molecule has 0 fully saturated rings. The van der Waals surface area contributed by atoms with Gasteiger partial charge in [0.05, 0.1) is 12.0 Å². The second-order valence-corrected chi connectivity index (χ2v) is 4.58. The van der Waals surface area contributed by atoms with Gasteiger partial charge < -0.3 is 5.32 Å². The Bertz CT molecular complexity index is 370. The molecule has 1 aromatic carbocycles. The van der Waals surface area contributed by atoms with Crippen molar-refractivity contribution in [2.45, 2.75) is 33.7 Å². The largest absolute Gasteiger partial charge is 0.309 e. The van der Waals surface area contributed by atoms with E-state index < -0.39 is 0 Å². The van der Waals surface area contributed by atoms with Gasteiger partial charge in [0.1, 0.15) is 0 Å². The SMILES string of the molecule is Cc1cc(C)cc(C(C)NCC(C)C#N)c1. The van der Waals surface area contributed by atoms with Gasteiger partial charge in [0.25, 0.3) is 0 Å². The maximum Gasteiger partial charge on any atom is 0.0666 e. The van der Waals surface area contributed by atoms with Gasteiger partial charge in [-0.2, -0.15) is 5.26 Å². The summed E-state index contributed by atoms with van der Waals surface area (Å²) < 4.78 is 0. The molecule has 0 saturated heterocycles. The average molecular weight is 216 g/mol. The average Bonchev–Trinajstić information content (AvgIpc) is 2.23. The maximum absolute atomic E-state index is 8.72. The molecule has 0 radical (unpaired) electrons. The van der Waals surface area contributed by atoms with Crippen LogP contribution in [-0.2, 0) is 0 Å². The van der Waals surface area contributed by atoms with E-state index in [1.54, 1.807) is 0 Å². The fourth-order valence-electron chi connectivity index (χ4n) is 1.78. The molecule has 2 heteroatoms. The van der Waals surface area contributed by atoms with E-state index in [2.05, 4.69) is 50.4 Å². The van der Waals surface area contributed by atoms with Gasteiger partial charge in [0.15, 0.2) is 0 Å². The number of hydrogen-bond donors (Lipinski definition) is 1. The molecule has 0 aliphatic carbocycles. The van der Waals surface area contributed by atoms with Gasteiger partial charge in [0, 0.05) is 12.6 Å². The van der Waals surface area contributed by atoms with Crippen LogP contribution in [0.1, 0.15) is 36.6 Å². The molecule has 0 amide bonds. The van der Waals surface area contributed by atoms with Crippen molar-refractivity contribution in [3.05, 3.63) is 34.9 Å². The Labute approximate surface area is 98.3 Å². The van der Waals surface area contributed by atoms with E-state index in [0.29, 0.717) is 6.04 Å². The number of rotatable bonds is 4. The summed E-state index contributed by atoms with van der Waals surface area (Å²) in [6, 6.07) is 9.10. The van der Waals surface area contributed by atoms with E-state index in [1.807, 2.05) is 6.92 Å². The van der Waals surface area contributed by atoms with Crippen molar-refractivity contribution < 1.29 is 0 Å². The molecule has 0 aliphatic rings. The fraction of sp³-hybridized carbons (Fsp3) is 0.500. The lowest BCUT2D eigenvalue weighted by atomic mass is 10.0. The lowest BCUT2D eigenvalue weighted by molar-refractivity contribution is 0.527. The monoisotopic (exact) mass is 216 g/mol. The Morgan fingerprint density at radius 3 is 2.25 bits per heavy atom. The molecule has 1 aromatic rings. The highest BCUT2D eigenvalue weighted by Gasteiger charge is 2.07. The molecule has 2 atom stereocenters. The molecular formula is C14H20N2. The molecule has 0 bridgehead atoms. The second-order valence-electron chi connectivity index (χ2n) is 4.58. The van der Waals surface area contributed by atoms with Gasteiger partial charge in [-0.3, -0.25) is 0 Å². The van der Waals surface area contributed by atoms with Crippen LogP contribution in [0.2, 0.25) is 0 Å². The Morgan fingerprint density at radius 2 is 1.75 bits per heavy atom. The summed E-state index contributed by atoms with van der Waals surface area (Å²) in [4.78, 5) is 0. The van der Waals surface area contributed by atoms with E-state index in [9.17, 15) is 0 Å². The van der Waals surface area contributed by atoms with Gasteiger partial charge in [0.2, 0.25) is 0 Å². The normalized spacial score (nSPS) is 14.2. The van der Waals surface area contributed by atoms with Crippen LogP contribution in [0, 0.1) is 31.1 Å². The van der Waals surface area contributed by atoms with Crippen LogP contribution >= 0.6 is 0 Å². The lowest BCUT2D eigenvalue weighted by Gasteiger charge is -2.16. The molecule has 0 aromatic heterocycles. The smallest absolute Gasteiger partial charge is 0.0666 e. The van der Waals surface area contributed by atoms with E-state index in [1.165, 1.54) is 16.7 Å². The summed E-state index contributed by atoms with van der Waals surface area (Å²) in [7, 11) is 0. The molecule has 0 spiro atoms. The first-order valence-corrected chi connectivity index (χ1v) is 5.74. The third-order valence-electron chi connectivity index (χ3n) is 2.69. The lowest BCUT2D eigenvalue weighted by Crippen LogP contribution is -2.23. The van der Waals surface area contributed by atoms with Gasteiger partial charge in [-0.15, -0.1) is 0 Å². The van der Waals surface area contributed by atoms with E-state index in [-0.39, 0.29) is 5.92 Å². The van der Waals surface area contributed by atoms with Crippen LogP contribution in [0.4, 0.5) is 0 Å². The minimum Gasteiger partial charge on any atom is -0.309 e. The first-order chi connectivity index (χ1) is 7.52. The predicted molar refractivity (Wildman–Crippen MR) is 67.1 cm³/mol. The number of benzene rings is 1. The molecule has 0 heterocycles. The standard InChI is InChI=1S/C14H20N2/c1-10-5-11(2)7-14(6-10)13(4)16-9-12(3)8-15/h5-7,12-13,16H,9H2,1-4H3. The predicted octanol–water partition coefficient (Wildman–Crippen LogP) is 3.11. The van der Waals surface area contributed by atoms with Crippen LogP contribution in [-0.4, -0.2) is 6.54 Å². The van der Waals surface area contributed by atoms with Crippen molar-refractivity contribution in [2.24, 2.45) is 5.92 Å².